The van der Waals surface area contributed by atoms with Crippen LogP contribution >= 0.6 is 11.3 Å². The molecule has 0 spiro atoms. The average Bonchev–Trinajstić information content (AvgIpc) is 3.18. The topological polar surface area (TPSA) is 130 Å². The fraction of sp³-hybridized carbons (Fsp3) is 0.312. The Bertz CT molecular complexity index is 1160. The van der Waals surface area contributed by atoms with Crippen molar-refractivity contribution in [1.29, 1.82) is 0 Å². The number of benzene rings is 1. The van der Waals surface area contributed by atoms with Gasteiger partial charge in [0.05, 0.1) is 27.4 Å². The molecule has 0 saturated carbocycles. The number of amides is 1. The molecule has 0 fully saturated rings. The van der Waals surface area contributed by atoms with Gasteiger partial charge >= 0.3 is 5.91 Å². The molecule has 0 radical (unpaired) electrons. The Labute approximate surface area is 159 Å². The smallest absolute Gasteiger partial charge is 0.318 e. The summed E-state index contributed by atoms with van der Waals surface area (Å²) in [6, 6.07) is 6.03. The number of aryl methyl sites for hydroxylation is 1. The number of fused-ring (bicyclic) bond motifs is 1. The largest absolute Gasteiger partial charge is 0.380 e. The van der Waals surface area contributed by atoms with E-state index in [2.05, 4.69) is 10.1 Å². The third-order valence-corrected chi connectivity index (χ3v) is 5.63. The summed E-state index contributed by atoms with van der Waals surface area (Å²) < 4.78 is 36.0. The van der Waals surface area contributed by atoms with Gasteiger partial charge in [0.25, 0.3) is 0 Å². The summed E-state index contributed by atoms with van der Waals surface area (Å²) in [6.07, 6.45) is 0. The summed E-state index contributed by atoms with van der Waals surface area (Å²) in [5, 5.41) is 8.89. The van der Waals surface area contributed by atoms with Crippen LogP contribution in [0.2, 0.25) is 0 Å². The Kier molecular flexibility index (Phi) is 5.56. The van der Waals surface area contributed by atoms with Crippen LogP contribution in [-0.2, 0) is 21.3 Å². The van der Waals surface area contributed by atoms with E-state index in [1.54, 1.807) is 17.6 Å². The van der Waals surface area contributed by atoms with E-state index in [-0.39, 0.29) is 10.7 Å². The van der Waals surface area contributed by atoms with Gasteiger partial charge in [-0.1, -0.05) is 16.5 Å². The Morgan fingerprint density at radius 3 is 2.81 bits per heavy atom. The van der Waals surface area contributed by atoms with E-state index in [0.717, 1.165) is 5.52 Å². The zero-order chi connectivity index (χ0) is 19.6. The number of rotatable bonds is 6. The predicted molar refractivity (Wildman–Crippen MR) is 98.8 cm³/mol. The number of primary sulfonamides is 1. The normalized spacial score (nSPS) is 12.8. The lowest BCUT2D eigenvalue weighted by Gasteiger charge is -2.05. The van der Waals surface area contributed by atoms with E-state index in [1.807, 2.05) is 6.92 Å². The highest BCUT2D eigenvalue weighted by atomic mass is 32.2. The number of hydrogen-bond acceptors (Lipinski definition) is 7. The lowest BCUT2D eigenvalue weighted by Crippen LogP contribution is -2.19. The van der Waals surface area contributed by atoms with Crippen LogP contribution in [0.1, 0.15) is 23.2 Å². The van der Waals surface area contributed by atoms with Gasteiger partial charge in [0.2, 0.25) is 15.8 Å². The Morgan fingerprint density at radius 2 is 2.19 bits per heavy atom. The molecule has 3 aromatic rings. The number of carbonyl (C=O) groups is 1. The number of ether oxygens (including phenoxy) is 1. The maximum atomic E-state index is 12.4. The fourth-order valence-electron chi connectivity index (χ4n) is 2.44. The zero-order valence-corrected chi connectivity index (χ0v) is 16.3. The summed E-state index contributed by atoms with van der Waals surface area (Å²) in [6.45, 7) is 5.01. The molecule has 0 bridgehead atoms. The number of thiazole rings is 1. The quantitative estimate of drug-likeness (QED) is 0.612. The SMILES string of the molecule is CCOCCn1c(=NC(=O)c2cc(C)no2)sc2cc(S(N)(=O)=O)ccc21. The summed E-state index contributed by atoms with van der Waals surface area (Å²) in [4.78, 5) is 16.9. The fourth-order valence-corrected chi connectivity index (χ4v) is 4.15. The van der Waals surface area contributed by atoms with Crippen molar-refractivity contribution >= 4 is 37.5 Å². The number of nitrogens with two attached hydrogens (primary N) is 1. The van der Waals surface area contributed by atoms with Crippen molar-refractivity contribution in [3.8, 4) is 0 Å². The van der Waals surface area contributed by atoms with Gasteiger partial charge in [-0.3, -0.25) is 4.79 Å². The summed E-state index contributed by atoms with van der Waals surface area (Å²) in [7, 11) is -3.83. The standard InChI is InChI=1S/C16H18N4O5S2/c1-3-24-7-6-20-12-5-4-11(27(17,22)23)9-14(12)26-16(20)18-15(21)13-8-10(2)19-25-13/h4-5,8-9H,3,6-7H2,1-2H3,(H2,17,22,23). The van der Waals surface area contributed by atoms with Crippen molar-refractivity contribution < 1.29 is 22.5 Å². The van der Waals surface area contributed by atoms with Crippen molar-refractivity contribution in [2.75, 3.05) is 13.2 Å². The highest BCUT2D eigenvalue weighted by Crippen LogP contribution is 2.21. The van der Waals surface area contributed by atoms with Crippen molar-refractivity contribution in [2.24, 2.45) is 10.1 Å². The van der Waals surface area contributed by atoms with Crippen LogP contribution in [0, 0.1) is 6.92 Å². The second-order valence-corrected chi connectivity index (χ2v) is 8.23. The van der Waals surface area contributed by atoms with Crippen molar-refractivity contribution in [1.82, 2.24) is 9.72 Å². The van der Waals surface area contributed by atoms with Gasteiger partial charge in [0.15, 0.2) is 4.80 Å². The molecule has 27 heavy (non-hydrogen) atoms. The van der Waals surface area contributed by atoms with Crippen LogP contribution in [0.5, 0.6) is 0 Å². The monoisotopic (exact) mass is 410 g/mol. The van der Waals surface area contributed by atoms with Crippen LogP contribution in [0.15, 0.2) is 38.7 Å². The predicted octanol–water partition coefficient (Wildman–Crippen LogP) is 1.42. The molecule has 1 amide bonds. The van der Waals surface area contributed by atoms with Gasteiger partial charge in [-0.2, -0.15) is 4.99 Å². The highest BCUT2D eigenvalue weighted by molar-refractivity contribution is 7.89. The maximum Gasteiger partial charge on any atom is 0.318 e. The van der Waals surface area contributed by atoms with Crippen LogP contribution in [-0.4, -0.2) is 37.3 Å². The van der Waals surface area contributed by atoms with Gasteiger partial charge in [0, 0.05) is 19.2 Å². The minimum atomic E-state index is -3.83. The summed E-state index contributed by atoms with van der Waals surface area (Å²) in [5.41, 5.74) is 1.30. The molecule has 0 aliphatic carbocycles. The number of hydrogen-bond donors (Lipinski definition) is 1. The van der Waals surface area contributed by atoms with Gasteiger partial charge < -0.3 is 13.8 Å². The molecule has 1 aromatic carbocycles. The van der Waals surface area contributed by atoms with E-state index in [1.165, 1.54) is 29.5 Å². The first kappa shape index (κ1) is 19.4. The van der Waals surface area contributed by atoms with Crippen LogP contribution in [0.4, 0.5) is 0 Å². The Hall–Kier alpha value is -2.34. The van der Waals surface area contributed by atoms with E-state index in [0.29, 0.717) is 35.0 Å². The first-order valence-corrected chi connectivity index (χ1v) is 10.4. The second-order valence-electron chi connectivity index (χ2n) is 5.66. The van der Waals surface area contributed by atoms with Gasteiger partial charge in [-0.25, -0.2) is 13.6 Å². The number of sulfonamides is 1. The lowest BCUT2D eigenvalue weighted by molar-refractivity contribution is 0.0961. The van der Waals surface area contributed by atoms with Gasteiger partial charge in [-0.15, -0.1) is 0 Å². The molecule has 0 unspecified atom stereocenters. The number of carbonyl (C=O) groups excluding carboxylic acids is 1. The third-order valence-electron chi connectivity index (χ3n) is 3.68. The molecular weight excluding hydrogens is 392 g/mol. The molecular formula is C16H18N4O5S2. The molecule has 9 nitrogen and oxygen atoms in total. The Balaban J connectivity index is 2.12. The van der Waals surface area contributed by atoms with Crippen molar-refractivity contribution in [3.63, 3.8) is 0 Å². The number of aromatic nitrogens is 2. The maximum absolute atomic E-state index is 12.4. The average molecular weight is 410 g/mol. The van der Waals surface area contributed by atoms with Crippen LogP contribution in [0.25, 0.3) is 10.2 Å². The molecule has 11 heteroatoms. The van der Waals surface area contributed by atoms with E-state index >= 15 is 0 Å². The first-order valence-electron chi connectivity index (χ1n) is 8.06. The summed E-state index contributed by atoms with van der Waals surface area (Å²) in [5.74, 6) is -0.537. The number of nitrogens with zero attached hydrogens (tertiary/aromatic N) is 3. The molecule has 2 N–H and O–H groups in total. The second kappa shape index (κ2) is 7.72. The van der Waals surface area contributed by atoms with Crippen LogP contribution in [0.3, 0.4) is 0 Å². The molecule has 0 aliphatic rings. The highest BCUT2D eigenvalue weighted by Gasteiger charge is 2.15. The van der Waals surface area contributed by atoms with Gasteiger partial charge in [0.1, 0.15) is 0 Å². The van der Waals surface area contributed by atoms with Crippen molar-refractivity contribution in [2.45, 2.75) is 25.3 Å². The minimum absolute atomic E-state index is 0.00283. The lowest BCUT2D eigenvalue weighted by atomic mass is 10.3. The van der Waals surface area contributed by atoms with E-state index < -0.39 is 15.9 Å². The van der Waals surface area contributed by atoms with Gasteiger partial charge in [-0.05, 0) is 32.0 Å². The molecule has 0 saturated heterocycles. The molecule has 144 valence electrons. The molecule has 0 atom stereocenters. The molecule has 0 aliphatic heterocycles. The molecule has 2 aromatic heterocycles. The third kappa shape index (κ3) is 4.33. The minimum Gasteiger partial charge on any atom is -0.380 e. The Morgan fingerprint density at radius 1 is 1.41 bits per heavy atom. The molecule has 2 heterocycles. The zero-order valence-electron chi connectivity index (χ0n) is 14.7. The first-order chi connectivity index (χ1) is 12.8. The molecule has 3 rings (SSSR count). The van der Waals surface area contributed by atoms with Crippen molar-refractivity contribution in [3.05, 3.63) is 40.5 Å². The summed E-state index contributed by atoms with van der Waals surface area (Å²) >= 11 is 1.18. The van der Waals surface area contributed by atoms with E-state index in [9.17, 15) is 13.2 Å². The van der Waals surface area contributed by atoms with Crippen LogP contribution < -0.4 is 9.94 Å². The van der Waals surface area contributed by atoms with E-state index in [4.69, 9.17) is 14.4 Å².